The summed E-state index contributed by atoms with van der Waals surface area (Å²) in [4.78, 5) is 0. The molecule has 0 saturated heterocycles. The van der Waals surface area contributed by atoms with E-state index in [0.717, 1.165) is 0 Å². The number of hydrogen-bond acceptors (Lipinski definition) is 0. The fourth-order valence-electron chi connectivity index (χ4n) is 4.71. The highest BCUT2D eigenvalue weighted by molar-refractivity contribution is 6.10. The van der Waals surface area contributed by atoms with Crippen LogP contribution in [0.5, 0.6) is 0 Å². The van der Waals surface area contributed by atoms with Crippen molar-refractivity contribution in [2.75, 3.05) is 0 Å². The Morgan fingerprint density at radius 2 is 0.905 bits per heavy atom. The molecule has 0 saturated carbocycles. The highest BCUT2D eigenvalue weighted by Gasteiger charge is 2.18. The van der Waals surface area contributed by atoms with Crippen LogP contribution in [0, 0.1) is 0 Å². The molecule has 0 fully saturated rings. The van der Waals surface area contributed by atoms with Gasteiger partial charge in [0.1, 0.15) is 0 Å². The van der Waals surface area contributed by atoms with Crippen molar-refractivity contribution < 1.29 is 43.9 Å². The molecule has 0 unspecified atom stereocenters. The molecule has 0 spiro atoms. The highest BCUT2D eigenvalue weighted by Crippen LogP contribution is 2.37. The summed E-state index contributed by atoms with van der Waals surface area (Å²) in [6.45, 7) is -12.4. The second-order valence-corrected chi connectivity index (χ2v) is 9.01. The lowest BCUT2D eigenvalue weighted by molar-refractivity contribution is 0.591. The van der Waals surface area contributed by atoms with Crippen molar-refractivity contribution in [1.82, 2.24) is 9.13 Å². The first-order chi connectivity index (χ1) is 33.8. The first kappa shape index (κ1) is 8.26. The maximum absolute atomic E-state index is 9.73. The SMILES string of the molecule is [2H]c1c([2H])c(-c2c([2H])c([2H])c([2H])c(-n3c4c([2H])c([2H])c([2H])c([2H])c4c4c([2H])c(C(C([2H])([2H])[2H])(C([2H])([2H])[2H])C([2H])([2H])[2H])c([2H])c([2H])c43)c2[2H])c([2H])c(-n2c3c([2H])c([2H])c([2H])c([2H])c3c3c([2H])c([2H])c([2H])c([2H])c32)c1[2H]. The average Bonchev–Trinajstić information content (AvgIpc) is 3.84. The van der Waals surface area contributed by atoms with Crippen LogP contribution in [0.3, 0.4) is 0 Å². The average molecular weight is 573 g/mol. The molecule has 42 heavy (non-hydrogen) atoms. The van der Waals surface area contributed by atoms with Gasteiger partial charge in [0, 0.05) is 45.3 Å². The summed E-state index contributed by atoms with van der Waals surface area (Å²) < 4.78 is 282. The molecular formula is C40H32N2. The van der Waals surface area contributed by atoms with Gasteiger partial charge in [0.25, 0.3) is 0 Å². The Morgan fingerprint density at radius 3 is 1.40 bits per heavy atom. The Bertz CT molecular complexity index is 3770. The largest absolute Gasteiger partial charge is 0.309 e. The number of para-hydroxylation sites is 3. The van der Waals surface area contributed by atoms with Crippen molar-refractivity contribution in [2.45, 2.75) is 26.0 Å². The quantitative estimate of drug-likeness (QED) is 0.199. The highest BCUT2D eigenvalue weighted by atomic mass is 15.0. The molecule has 8 aromatic rings. The zero-order valence-electron chi connectivity index (χ0n) is 52.9. The molecule has 0 amide bonds. The zero-order chi connectivity index (χ0) is 55.9. The smallest absolute Gasteiger partial charge is 0.0651 e. The Kier molecular flexibility index (Phi) is 1.81. The molecule has 202 valence electrons. The Hall–Kier alpha value is -5.08. The van der Waals surface area contributed by atoms with Gasteiger partial charge in [-0.2, -0.15) is 0 Å². The van der Waals surface area contributed by atoms with Crippen LogP contribution in [0.25, 0.3) is 66.1 Å². The number of aromatic nitrogens is 2. The standard InChI is InChI=1S/C40H32N2/c1-40(2,3)29-22-23-39-35(26-29)34-18-6-9-21-38(34)42(39)31-15-11-13-28(25-31)27-12-10-14-30(24-27)41-36-19-7-4-16-32(36)33-17-5-8-20-37(33)41/h4-26H,1-3H3/i1D3,2D3,3D3,4D,5D,6D,7D,8D,9D,10D,11D,12D,13D,14D,15D,16D,17D,18D,19D,20D,21D,22D,23D,24D,25D,26D. The van der Waals surface area contributed by atoms with E-state index in [9.17, 15) is 6.85 Å². The van der Waals surface area contributed by atoms with Crippen molar-refractivity contribution in [2.24, 2.45) is 0 Å². The van der Waals surface area contributed by atoms with Crippen molar-refractivity contribution in [3.63, 3.8) is 0 Å². The first-order valence-corrected chi connectivity index (χ1v) is 12.1. The third-order valence-corrected chi connectivity index (χ3v) is 6.49. The minimum absolute atomic E-state index is 0.479. The summed E-state index contributed by atoms with van der Waals surface area (Å²) in [6.07, 6.45) is 0. The monoisotopic (exact) mass is 572 g/mol. The van der Waals surface area contributed by atoms with Gasteiger partial charge >= 0.3 is 0 Å². The van der Waals surface area contributed by atoms with Gasteiger partial charge in [-0.05, 0) is 76.5 Å². The third kappa shape index (κ3) is 3.79. The zero-order valence-corrected chi connectivity index (χ0v) is 20.9. The van der Waals surface area contributed by atoms with Crippen molar-refractivity contribution in [3.05, 3.63) is 145 Å². The Morgan fingerprint density at radius 1 is 0.452 bits per heavy atom. The predicted molar refractivity (Wildman–Crippen MR) is 179 cm³/mol. The van der Waals surface area contributed by atoms with Gasteiger partial charge in [-0.25, -0.2) is 0 Å². The van der Waals surface area contributed by atoms with Crippen LogP contribution in [0.2, 0.25) is 0 Å². The summed E-state index contributed by atoms with van der Waals surface area (Å²) in [5, 5.41) is -2.93. The topological polar surface area (TPSA) is 9.86 Å². The maximum atomic E-state index is 9.73. The molecule has 8 rings (SSSR count). The van der Waals surface area contributed by atoms with Crippen molar-refractivity contribution in [3.8, 4) is 22.5 Å². The molecule has 2 aromatic heterocycles. The Balaban J connectivity index is 1.64. The van der Waals surface area contributed by atoms with E-state index < -0.39 is 237 Å². The molecule has 2 heterocycles. The van der Waals surface area contributed by atoms with E-state index in [-0.39, 0.29) is 0 Å². The lowest BCUT2D eigenvalue weighted by atomic mass is 9.86. The molecular weight excluding hydrogens is 508 g/mol. The van der Waals surface area contributed by atoms with Gasteiger partial charge in [-0.15, -0.1) is 0 Å². The summed E-state index contributed by atoms with van der Waals surface area (Å²) in [5.41, 5.74) is -13.0. The van der Waals surface area contributed by atoms with Crippen LogP contribution in [0.4, 0.5) is 0 Å². The molecule has 0 aliphatic carbocycles. The molecule has 0 N–H and O–H groups in total. The summed E-state index contributed by atoms with van der Waals surface area (Å²) in [6, 6.07) is -25.1. The third-order valence-electron chi connectivity index (χ3n) is 6.49. The van der Waals surface area contributed by atoms with Gasteiger partial charge in [0.15, 0.2) is 0 Å². The lowest BCUT2D eigenvalue weighted by Gasteiger charge is -2.19. The first-order valence-electron chi connectivity index (χ1n) is 28.1. The van der Waals surface area contributed by atoms with Crippen LogP contribution >= 0.6 is 0 Å². The molecule has 6 aromatic carbocycles. The van der Waals surface area contributed by atoms with E-state index >= 15 is 0 Å². The normalized spacial score (nSPS) is 23.9. The van der Waals surface area contributed by atoms with Crippen LogP contribution in [-0.2, 0) is 5.41 Å². The number of rotatable bonds is 3. The number of nitrogens with zero attached hydrogens (tertiary/aromatic N) is 2. The number of fused-ring (bicyclic) bond motifs is 6. The minimum Gasteiger partial charge on any atom is -0.309 e. The van der Waals surface area contributed by atoms with Crippen LogP contribution in [0.1, 0.15) is 70.0 Å². The van der Waals surface area contributed by atoms with Crippen LogP contribution in [0.15, 0.2) is 139 Å². The maximum Gasteiger partial charge on any atom is 0.0651 e. The van der Waals surface area contributed by atoms with E-state index in [1.165, 1.54) is 0 Å². The lowest BCUT2D eigenvalue weighted by Crippen LogP contribution is -2.10. The molecule has 0 bridgehead atoms. The summed E-state index contributed by atoms with van der Waals surface area (Å²) in [5.74, 6) is 0. The van der Waals surface area contributed by atoms with Gasteiger partial charge in [-0.3, -0.25) is 0 Å². The molecule has 0 atom stereocenters. The molecule has 0 aliphatic heterocycles. The van der Waals surface area contributed by atoms with Gasteiger partial charge < -0.3 is 9.13 Å². The fraction of sp³-hybridized carbons (Fsp3) is 0.100. The summed E-state index contributed by atoms with van der Waals surface area (Å²) in [7, 11) is 0. The number of benzene rings is 6. The number of hydrogen-bond donors (Lipinski definition) is 0. The van der Waals surface area contributed by atoms with Crippen molar-refractivity contribution in [1.29, 1.82) is 0 Å². The molecule has 0 radical (unpaired) electrons. The van der Waals surface area contributed by atoms with E-state index in [1.807, 2.05) is 0 Å². The predicted octanol–water partition coefficient (Wildman–Crippen LogP) is 10.8. The fourth-order valence-corrected chi connectivity index (χ4v) is 4.71. The van der Waals surface area contributed by atoms with E-state index in [1.54, 1.807) is 0 Å². The molecule has 0 aliphatic rings. The van der Waals surface area contributed by atoms with Crippen molar-refractivity contribution >= 4 is 43.6 Å². The van der Waals surface area contributed by atoms with E-state index in [0.29, 0.717) is 9.13 Å². The van der Waals surface area contributed by atoms with E-state index in [2.05, 4.69) is 0 Å². The van der Waals surface area contributed by atoms with Gasteiger partial charge in [0.2, 0.25) is 0 Å². The Labute approximate surface area is 291 Å². The van der Waals surface area contributed by atoms with Gasteiger partial charge in [0.05, 0.1) is 53.6 Å². The van der Waals surface area contributed by atoms with Crippen LogP contribution < -0.4 is 0 Å². The van der Waals surface area contributed by atoms with Gasteiger partial charge in [-0.1, -0.05) is 105 Å². The second-order valence-electron chi connectivity index (χ2n) is 9.01. The summed E-state index contributed by atoms with van der Waals surface area (Å²) >= 11 is 0. The molecule has 2 nitrogen and oxygen atoms in total. The van der Waals surface area contributed by atoms with E-state index in [4.69, 9.17) is 37.0 Å². The van der Waals surface area contributed by atoms with Crippen LogP contribution in [-0.4, -0.2) is 9.13 Å². The second kappa shape index (κ2) is 9.22. The molecule has 2 heteroatoms. The minimum atomic E-state index is -4.15.